The van der Waals surface area contributed by atoms with Gasteiger partial charge in [-0.15, -0.1) is 0 Å². The summed E-state index contributed by atoms with van der Waals surface area (Å²) in [4.78, 5) is 30.4. The summed E-state index contributed by atoms with van der Waals surface area (Å²) in [7, 11) is 0. The zero-order chi connectivity index (χ0) is 21.1. The van der Waals surface area contributed by atoms with Gasteiger partial charge in [0.25, 0.3) is 5.56 Å². The zero-order valence-corrected chi connectivity index (χ0v) is 17.7. The molecular formula is C22H23N3O4S. The van der Waals surface area contributed by atoms with Gasteiger partial charge in [0.2, 0.25) is 5.91 Å². The highest BCUT2D eigenvalue weighted by molar-refractivity contribution is 8.00. The molecule has 0 aliphatic carbocycles. The summed E-state index contributed by atoms with van der Waals surface area (Å²) in [6, 6.07) is 12.6. The molecule has 0 fully saturated rings. The van der Waals surface area contributed by atoms with Crippen LogP contribution in [0.25, 0.3) is 10.9 Å². The lowest BCUT2D eigenvalue weighted by Gasteiger charge is -2.20. The van der Waals surface area contributed by atoms with Crippen LogP contribution in [0.1, 0.15) is 20.3 Å². The minimum atomic E-state index is -0.399. The number of fused-ring (bicyclic) bond motifs is 2. The third kappa shape index (κ3) is 4.00. The maximum Gasteiger partial charge on any atom is 0.262 e. The molecule has 0 saturated heterocycles. The quantitative estimate of drug-likeness (QED) is 0.479. The Kier molecular flexibility index (Phi) is 5.94. The average molecular weight is 426 g/mol. The van der Waals surface area contributed by atoms with E-state index in [2.05, 4.69) is 10.3 Å². The van der Waals surface area contributed by atoms with Crippen molar-refractivity contribution in [2.75, 3.05) is 18.5 Å². The smallest absolute Gasteiger partial charge is 0.262 e. The molecule has 2 heterocycles. The Labute approximate surface area is 178 Å². The molecule has 1 unspecified atom stereocenters. The number of nitrogens with one attached hydrogen (secondary N) is 1. The molecule has 1 amide bonds. The molecule has 2 aromatic carbocycles. The van der Waals surface area contributed by atoms with Crippen molar-refractivity contribution in [2.45, 2.75) is 37.2 Å². The van der Waals surface area contributed by atoms with Crippen molar-refractivity contribution >= 4 is 34.3 Å². The van der Waals surface area contributed by atoms with Gasteiger partial charge in [0.15, 0.2) is 16.7 Å². The lowest BCUT2D eigenvalue weighted by Crippen LogP contribution is -2.28. The summed E-state index contributed by atoms with van der Waals surface area (Å²) in [5.74, 6) is 1.15. The monoisotopic (exact) mass is 425 g/mol. The number of benzene rings is 2. The Bertz CT molecular complexity index is 1140. The summed E-state index contributed by atoms with van der Waals surface area (Å²) in [5.41, 5.74) is 1.19. The van der Waals surface area contributed by atoms with E-state index in [0.717, 1.165) is 0 Å². The third-order valence-corrected chi connectivity index (χ3v) is 6.22. The van der Waals surface area contributed by atoms with Crippen LogP contribution in [0.4, 0.5) is 5.69 Å². The van der Waals surface area contributed by atoms with E-state index in [4.69, 9.17) is 9.47 Å². The molecule has 7 nitrogen and oxygen atoms in total. The van der Waals surface area contributed by atoms with Crippen LogP contribution in [0.15, 0.2) is 52.4 Å². The molecule has 1 aliphatic rings. The highest BCUT2D eigenvalue weighted by Crippen LogP contribution is 2.33. The zero-order valence-electron chi connectivity index (χ0n) is 16.9. The van der Waals surface area contributed by atoms with Crippen LogP contribution < -0.4 is 20.3 Å². The Morgan fingerprint density at radius 3 is 2.70 bits per heavy atom. The minimum Gasteiger partial charge on any atom is -0.486 e. The van der Waals surface area contributed by atoms with Gasteiger partial charge in [0, 0.05) is 18.3 Å². The van der Waals surface area contributed by atoms with Crippen LogP contribution in [0.2, 0.25) is 0 Å². The van der Waals surface area contributed by atoms with Crippen LogP contribution >= 0.6 is 11.8 Å². The molecule has 30 heavy (non-hydrogen) atoms. The van der Waals surface area contributed by atoms with Crippen molar-refractivity contribution in [3.63, 3.8) is 0 Å². The Morgan fingerprint density at radius 2 is 1.93 bits per heavy atom. The lowest BCUT2D eigenvalue weighted by molar-refractivity contribution is -0.115. The van der Waals surface area contributed by atoms with Crippen molar-refractivity contribution in [1.82, 2.24) is 9.55 Å². The Balaban J connectivity index is 1.57. The number of anilines is 1. The number of nitrogens with zero attached hydrogens (tertiary/aromatic N) is 2. The number of rotatable bonds is 6. The first-order valence-corrected chi connectivity index (χ1v) is 10.9. The van der Waals surface area contributed by atoms with E-state index in [9.17, 15) is 9.59 Å². The second-order valence-electron chi connectivity index (χ2n) is 6.82. The predicted octanol–water partition coefficient (Wildman–Crippen LogP) is 3.70. The standard InChI is InChI=1S/C22H23N3O4S/c1-3-19(20(26)23-14-9-10-17-18(13-14)29-12-11-28-17)30-22-24-16-8-6-5-7-15(16)21(27)25(22)4-2/h5-10,13,19H,3-4,11-12H2,1-2H3,(H,23,26). The fourth-order valence-corrected chi connectivity index (χ4v) is 4.39. The van der Waals surface area contributed by atoms with Gasteiger partial charge in [-0.05, 0) is 37.6 Å². The van der Waals surface area contributed by atoms with Crippen molar-refractivity contribution in [2.24, 2.45) is 0 Å². The second kappa shape index (κ2) is 8.79. The summed E-state index contributed by atoms with van der Waals surface area (Å²) in [5, 5.41) is 3.67. The summed E-state index contributed by atoms with van der Waals surface area (Å²) >= 11 is 1.31. The van der Waals surface area contributed by atoms with Crippen LogP contribution in [0.5, 0.6) is 11.5 Å². The predicted molar refractivity (Wildman–Crippen MR) is 118 cm³/mol. The highest BCUT2D eigenvalue weighted by atomic mass is 32.2. The molecule has 3 aromatic rings. The summed E-state index contributed by atoms with van der Waals surface area (Å²) in [6.07, 6.45) is 0.591. The largest absolute Gasteiger partial charge is 0.486 e. The van der Waals surface area contributed by atoms with Gasteiger partial charge >= 0.3 is 0 Å². The maximum atomic E-state index is 12.9. The number of carbonyl (C=O) groups is 1. The highest BCUT2D eigenvalue weighted by Gasteiger charge is 2.22. The number of ether oxygens (including phenoxy) is 2. The van der Waals surface area contributed by atoms with E-state index in [1.807, 2.05) is 32.0 Å². The van der Waals surface area contributed by atoms with Crippen molar-refractivity contribution in [3.05, 3.63) is 52.8 Å². The molecular weight excluding hydrogens is 402 g/mol. The maximum absolute atomic E-state index is 12.9. The Hall–Kier alpha value is -3.00. The van der Waals surface area contributed by atoms with E-state index >= 15 is 0 Å². The molecule has 1 aromatic heterocycles. The minimum absolute atomic E-state index is 0.0901. The van der Waals surface area contributed by atoms with Gasteiger partial charge in [-0.25, -0.2) is 4.98 Å². The molecule has 8 heteroatoms. The van der Waals surface area contributed by atoms with Crippen molar-refractivity contribution in [3.8, 4) is 11.5 Å². The molecule has 0 radical (unpaired) electrons. The van der Waals surface area contributed by atoms with Crippen LogP contribution in [0.3, 0.4) is 0 Å². The second-order valence-corrected chi connectivity index (χ2v) is 7.99. The van der Waals surface area contributed by atoms with Gasteiger partial charge < -0.3 is 14.8 Å². The summed E-state index contributed by atoms with van der Waals surface area (Å²) < 4.78 is 12.7. The number of aromatic nitrogens is 2. The fourth-order valence-electron chi connectivity index (χ4n) is 3.31. The lowest BCUT2D eigenvalue weighted by atomic mass is 10.2. The van der Waals surface area contributed by atoms with Crippen LogP contribution in [-0.2, 0) is 11.3 Å². The van der Waals surface area contributed by atoms with E-state index < -0.39 is 5.25 Å². The summed E-state index contributed by atoms with van der Waals surface area (Å²) in [6.45, 7) is 5.33. The molecule has 156 valence electrons. The van der Waals surface area contributed by atoms with E-state index in [-0.39, 0.29) is 11.5 Å². The van der Waals surface area contributed by atoms with Crippen molar-refractivity contribution < 1.29 is 14.3 Å². The van der Waals surface area contributed by atoms with Crippen molar-refractivity contribution in [1.29, 1.82) is 0 Å². The number of thioether (sulfide) groups is 1. The SMILES string of the molecule is CCC(Sc1nc2ccccc2c(=O)n1CC)C(=O)Nc1ccc2c(c1)OCCO2. The number of hydrogen-bond donors (Lipinski definition) is 1. The number of hydrogen-bond acceptors (Lipinski definition) is 6. The molecule has 1 atom stereocenters. The molecule has 1 N–H and O–H groups in total. The molecule has 0 spiro atoms. The average Bonchev–Trinajstić information content (AvgIpc) is 2.77. The van der Waals surface area contributed by atoms with Gasteiger partial charge in [-0.1, -0.05) is 30.8 Å². The van der Waals surface area contributed by atoms with Crippen LogP contribution in [-0.4, -0.2) is 33.9 Å². The molecule has 1 aliphatic heterocycles. The van der Waals surface area contributed by atoms with Gasteiger partial charge in [-0.3, -0.25) is 14.2 Å². The first-order valence-electron chi connectivity index (χ1n) is 9.97. The molecule has 0 saturated carbocycles. The van der Waals surface area contributed by atoms with Crippen LogP contribution in [0, 0.1) is 0 Å². The number of amides is 1. The molecule has 0 bridgehead atoms. The number of para-hydroxylation sites is 1. The first-order chi connectivity index (χ1) is 14.6. The van der Waals surface area contributed by atoms with E-state index in [0.29, 0.717) is 59.4 Å². The topological polar surface area (TPSA) is 82.5 Å². The normalized spacial score (nSPS) is 13.8. The first kappa shape index (κ1) is 20.3. The fraction of sp³-hybridized carbons (Fsp3) is 0.318. The number of carbonyl (C=O) groups excluding carboxylic acids is 1. The van der Waals surface area contributed by atoms with Gasteiger partial charge in [0.1, 0.15) is 13.2 Å². The van der Waals surface area contributed by atoms with E-state index in [1.54, 1.807) is 28.8 Å². The third-order valence-electron chi connectivity index (χ3n) is 4.86. The Morgan fingerprint density at radius 1 is 1.17 bits per heavy atom. The van der Waals surface area contributed by atoms with Gasteiger partial charge in [0.05, 0.1) is 16.2 Å². The molecule has 4 rings (SSSR count). The van der Waals surface area contributed by atoms with E-state index in [1.165, 1.54) is 11.8 Å². The van der Waals surface area contributed by atoms with Gasteiger partial charge in [-0.2, -0.15) is 0 Å².